The molecule has 134 valence electrons. The van der Waals surface area contributed by atoms with Crippen molar-refractivity contribution in [2.45, 2.75) is 51.5 Å². The van der Waals surface area contributed by atoms with E-state index in [1.54, 1.807) is 4.31 Å². The minimum Gasteiger partial charge on any atom is -0.342 e. The maximum absolute atomic E-state index is 12.7. The molecular weight excluding hydrogens is 314 g/mol. The molecule has 0 aromatic carbocycles. The fraction of sp³-hybridized carbons (Fsp3) is 0.938. The molecular formula is C16H31N3O3S. The predicted octanol–water partition coefficient (Wildman–Crippen LogP) is 1.04. The highest BCUT2D eigenvalue weighted by atomic mass is 32.2. The molecule has 1 amide bonds. The second-order valence-electron chi connectivity index (χ2n) is 6.77. The zero-order valence-corrected chi connectivity index (χ0v) is 15.3. The van der Waals surface area contributed by atoms with Crippen molar-refractivity contribution in [3.63, 3.8) is 0 Å². The molecule has 23 heavy (non-hydrogen) atoms. The Balaban J connectivity index is 1.84. The van der Waals surface area contributed by atoms with Crippen LogP contribution in [0.15, 0.2) is 0 Å². The van der Waals surface area contributed by atoms with Gasteiger partial charge in [0.15, 0.2) is 0 Å². The van der Waals surface area contributed by atoms with Crippen LogP contribution in [0.3, 0.4) is 0 Å². The maximum atomic E-state index is 12.7. The Hall–Kier alpha value is -0.660. The Morgan fingerprint density at radius 2 is 1.78 bits per heavy atom. The second-order valence-corrected chi connectivity index (χ2v) is 8.86. The second kappa shape index (κ2) is 8.44. The SMILES string of the molecule is CCCCS(=O)(=O)N1CCC(C(=O)N(C)C2CCNCC2)CC1. The van der Waals surface area contributed by atoms with Gasteiger partial charge in [0.05, 0.1) is 5.75 Å². The van der Waals surface area contributed by atoms with E-state index < -0.39 is 10.0 Å². The number of unbranched alkanes of at least 4 members (excludes halogenated alkanes) is 1. The summed E-state index contributed by atoms with van der Waals surface area (Å²) in [5, 5.41) is 3.32. The summed E-state index contributed by atoms with van der Waals surface area (Å²) < 4.78 is 26.0. The third-order valence-electron chi connectivity index (χ3n) is 5.16. The summed E-state index contributed by atoms with van der Waals surface area (Å²) in [6, 6.07) is 0.329. The van der Waals surface area contributed by atoms with Crippen molar-refractivity contribution in [3.05, 3.63) is 0 Å². The summed E-state index contributed by atoms with van der Waals surface area (Å²) in [6.45, 7) is 4.91. The van der Waals surface area contributed by atoms with Crippen molar-refractivity contribution in [1.82, 2.24) is 14.5 Å². The number of sulfonamides is 1. The van der Waals surface area contributed by atoms with Gasteiger partial charge in [0.2, 0.25) is 15.9 Å². The van der Waals surface area contributed by atoms with Gasteiger partial charge in [0, 0.05) is 32.1 Å². The highest BCUT2D eigenvalue weighted by molar-refractivity contribution is 7.89. The smallest absolute Gasteiger partial charge is 0.225 e. The van der Waals surface area contributed by atoms with Crippen LogP contribution in [0, 0.1) is 5.92 Å². The minimum atomic E-state index is -3.14. The van der Waals surface area contributed by atoms with Crippen molar-refractivity contribution in [2.24, 2.45) is 5.92 Å². The van der Waals surface area contributed by atoms with Crippen molar-refractivity contribution in [2.75, 3.05) is 39.0 Å². The van der Waals surface area contributed by atoms with Crippen molar-refractivity contribution < 1.29 is 13.2 Å². The van der Waals surface area contributed by atoms with Crippen LogP contribution in [-0.4, -0.2) is 68.6 Å². The van der Waals surface area contributed by atoms with Gasteiger partial charge in [0.1, 0.15) is 0 Å². The van der Waals surface area contributed by atoms with E-state index in [4.69, 9.17) is 0 Å². The molecule has 0 aliphatic carbocycles. The molecule has 0 bridgehead atoms. The Morgan fingerprint density at radius 3 is 2.35 bits per heavy atom. The number of carbonyl (C=O) groups is 1. The Kier molecular flexibility index (Phi) is 6.85. The highest BCUT2D eigenvalue weighted by Crippen LogP contribution is 2.24. The van der Waals surface area contributed by atoms with Gasteiger partial charge in [-0.2, -0.15) is 0 Å². The van der Waals surface area contributed by atoms with E-state index >= 15 is 0 Å². The van der Waals surface area contributed by atoms with Crippen LogP contribution in [0.5, 0.6) is 0 Å². The lowest BCUT2D eigenvalue weighted by molar-refractivity contribution is -0.138. The molecule has 0 unspecified atom stereocenters. The summed E-state index contributed by atoms with van der Waals surface area (Å²) in [7, 11) is -1.23. The lowest BCUT2D eigenvalue weighted by atomic mass is 9.95. The molecule has 0 aromatic rings. The Bertz CT molecular complexity index is 481. The number of nitrogens with zero attached hydrogens (tertiary/aromatic N) is 2. The van der Waals surface area contributed by atoms with Crippen LogP contribution in [-0.2, 0) is 14.8 Å². The Morgan fingerprint density at radius 1 is 1.17 bits per heavy atom. The first-order valence-corrected chi connectivity index (χ1v) is 10.5. The monoisotopic (exact) mass is 345 g/mol. The van der Waals surface area contributed by atoms with E-state index in [1.807, 2.05) is 18.9 Å². The summed E-state index contributed by atoms with van der Waals surface area (Å²) >= 11 is 0. The molecule has 0 aromatic heterocycles. The normalized spacial score (nSPS) is 22.2. The summed E-state index contributed by atoms with van der Waals surface area (Å²) in [5.41, 5.74) is 0. The fourth-order valence-corrected chi connectivity index (χ4v) is 5.18. The molecule has 1 N–H and O–H groups in total. The standard InChI is InChI=1S/C16H31N3O3S/c1-3-4-13-23(21,22)19-11-7-14(8-12-19)16(20)18(2)15-5-9-17-10-6-15/h14-15,17H,3-13H2,1-2H3. The van der Waals surface area contributed by atoms with E-state index in [2.05, 4.69) is 5.32 Å². The van der Waals surface area contributed by atoms with Crippen LogP contribution in [0.25, 0.3) is 0 Å². The average Bonchev–Trinajstić information content (AvgIpc) is 2.59. The molecule has 2 fully saturated rings. The highest BCUT2D eigenvalue weighted by Gasteiger charge is 2.33. The first kappa shape index (κ1) is 18.7. The summed E-state index contributed by atoms with van der Waals surface area (Å²) in [5.74, 6) is 0.409. The van der Waals surface area contributed by atoms with Crippen molar-refractivity contribution >= 4 is 15.9 Å². The zero-order valence-electron chi connectivity index (χ0n) is 14.5. The fourth-order valence-electron chi connectivity index (χ4n) is 3.50. The Labute approximate surface area is 140 Å². The number of nitrogens with one attached hydrogen (secondary N) is 1. The van der Waals surface area contributed by atoms with Crippen molar-refractivity contribution in [1.29, 1.82) is 0 Å². The van der Waals surface area contributed by atoms with E-state index in [1.165, 1.54) is 0 Å². The number of carbonyl (C=O) groups excluding carboxylic acids is 1. The molecule has 2 saturated heterocycles. The quantitative estimate of drug-likeness (QED) is 0.781. The van der Waals surface area contributed by atoms with Crippen LogP contribution in [0.1, 0.15) is 45.4 Å². The molecule has 2 aliphatic heterocycles. The van der Waals surface area contributed by atoms with Gasteiger partial charge >= 0.3 is 0 Å². The molecule has 0 atom stereocenters. The molecule has 0 saturated carbocycles. The van der Waals surface area contributed by atoms with E-state index in [-0.39, 0.29) is 17.6 Å². The first-order valence-electron chi connectivity index (χ1n) is 8.91. The molecule has 6 nitrogen and oxygen atoms in total. The molecule has 2 aliphatic rings. The minimum absolute atomic E-state index is 0.0208. The van der Waals surface area contributed by atoms with Gasteiger partial charge in [-0.1, -0.05) is 13.3 Å². The van der Waals surface area contributed by atoms with E-state index in [0.29, 0.717) is 38.4 Å². The third-order valence-corrected chi connectivity index (χ3v) is 7.11. The topological polar surface area (TPSA) is 69.7 Å². The predicted molar refractivity (Wildman–Crippen MR) is 91.7 cm³/mol. The largest absolute Gasteiger partial charge is 0.342 e. The molecule has 2 heterocycles. The van der Waals surface area contributed by atoms with Gasteiger partial charge in [-0.25, -0.2) is 12.7 Å². The zero-order chi connectivity index (χ0) is 16.9. The van der Waals surface area contributed by atoms with E-state index in [9.17, 15) is 13.2 Å². The lowest BCUT2D eigenvalue weighted by Crippen LogP contribution is -2.48. The molecule has 7 heteroatoms. The number of hydrogen-bond acceptors (Lipinski definition) is 4. The van der Waals surface area contributed by atoms with E-state index in [0.717, 1.165) is 32.4 Å². The first-order chi connectivity index (χ1) is 11.0. The lowest BCUT2D eigenvalue weighted by Gasteiger charge is -2.36. The van der Waals surface area contributed by atoms with Crippen LogP contribution >= 0.6 is 0 Å². The molecule has 2 rings (SSSR count). The van der Waals surface area contributed by atoms with Gasteiger partial charge in [-0.15, -0.1) is 0 Å². The van der Waals surface area contributed by atoms with Gasteiger partial charge in [0.25, 0.3) is 0 Å². The summed E-state index contributed by atoms with van der Waals surface area (Å²) in [4.78, 5) is 14.6. The van der Waals surface area contributed by atoms with Crippen molar-refractivity contribution in [3.8, 4) is 0 Å². The number of piperidine rings is 2. The van der Waals surface area contributed by atoms with Crippen LogP contribution in [0.2, 0.25) is 0 Å². The molecule has 0 spiro atoms. The van der Waals surface area contributed by atoms with Gasteiger partial charge < -0.3 is 10.2 Å². The van der Waals surface area contributed by atoms with Crippen LogP contribution in [0.4, 0.5) is 0 Å². The van der Waals surface area contributed by atoms with Gasteiger partial charge in [-0.05, 0) is 45.2 Å². The van der Waals surface area contributed by atoms with Crippen LogP contribution < -0.4 is 5.32 Å². The van der Waals surface area contributed by atoms with Gasteiger partial charge in [-0.3, -0.25) is 4.79 Å². The average molecular weight is 346 g/mol. The third kappa shape index (κ3) is 4.90. The number of hydrogen-bond donors (Lipinski definition) is 1. The number of rotatable bonds is 6. The number of amides is 1. The maximum Gasteiger partial charge on any atom is 0.225 e. The molecule has 0 radical (unpaired) electrons. The summed E-state index contributed by atoms with van der Waals surface area (Å²) in [6.07, 6.45) is 4.91.